The molecule has 0 unspecified atom stereocenters. The minimum atomic E-state index is -1.53. The van der Waals surface area contributed by atoms with Gasteiger partial charge in [0.25, 0.3) is 0 Å². The van der Waals surface area contributed by atoms with Crippen molar-refractivity contribution in [1.29, 1.82) is 0 Å². The van der Waals surface area contributed by atoms with Gasteiger partial charge < -0.3 is 22.9 Å². The van der Waals surface area contributed by atoms with Gasteiger partial charge in [0, 0.05) is 22.3 Å². The summed E-state index contributed by atoms with van der Waals surface area (Å²) in [5.41, 5.74) is 24.2. The maximum atomic E-state index is 6.16. The molecule has 0 spiro atoms. The summed E-state index contributed by atoms with van der Waals surface area (Å²) in [5.74, 6) is -0.0421. The molecule has 0 aliphatic rings. The first kappa shape index (κ1) is 17.6. The zero-order chi connectivity index (χ0) is 20.4. The standard InChI is InChI=1S/C13H12N16/c14-9-5(1-18-26-22-9)13(6-2-19-27-23-10(6)15,7-3-20-28-24-11(7)16)8-4-21-29-25-12(8)17/h1-4H,(H2,14,18,22)(H2,15,19,23)(H2,16,20,24)(H2,17,21,25). The Morgan fingerprint density at radius 1 is 0.448 bits per heavy atom. The number of aromatic nitrogens is 12. The van der Waals surface area contributed by atoms with Gasteiger partial charge in [-0.3, -0.25) is 0 Å². The molecule has 0 bridgehead atoms. The van der Waals surface area contributed by atoms with Crippen molar-refractivity contribution in [3.8, 4) is 0 Å². The second-order valence-corrected chi connectivity index (χ2v) is 5.68. The van der Waals surface area contributed by atoms with E-state index in [-0.39, 0.29) is 45.5 Å². The first-order valence-electron chi connectivity index (χ1n) is 7.84. The molecular weight excluding hydrogens is 380 g/mol. The van der Waals surface area contributed by atoms with Crippen molar-refractivity contribution in [1.82, 2.24) is 61.6 Å². The Kier molecular flexibility index (Phi) is 4.11. The maximum Gasteiger partial charge on any atom is 0.154 e. The fraction of sp³-hybridized carbons (Fsp3) is 0.0769. The third-order valence-electron chi connectivity index (χ3n) is 4.28. The van der Waals surface area contributed by atoms with Crippen LogP contribution in [0.1, 0.15) is 22.3 Å². The summed E-state index contributed by atoms with van der Waals surface area (Å²) in [7, 11) is 0. The van der Waals surface area contributed by atoms with Crippen molar-refractivity contribution in [2.24, 2.45) is 0 Å². The van der Waals surface area contributed by atoms with Crippen LogP contribution in [0.4, 0.5) is 23.3 Å². The molecule has 29 heavy (non-hydrogen) atoms. The molecule has 16 nitrogen and oxygen atoms in total. The van der Waals surface area contributed by atoms with Crippen LogP contribution in [0.2, 0.25) is 0 Å². The third-order valence-corrected chi connectivity index (χ3v) is 4.28. The Morgan fingerprint density at radius 2 is 0.690 bits per heavy atom. The summed E-state index contributed by atoms with van der Waals surface area (Å²) in [4.78, 5) is 0. The number of hydrogen-bond donors (Lipinski definition) is 4. The van der Waals surface area contributed by atoms with Gasteiger partial charge in [0.2, 0.25) is 0 Å². The molecule has 4 aromatic rings. The molecule has 144 valence electrons. The molecular formula is C13H12N16. The Morgan fingerprint density at radius 3 is 0.897 bits per heavy atom. The predicted molar refractivity (Wildman–Crippen MR) is 95.9 cm³/mol. The number of nitrogen functional groups attached to an aromatic ring is 4. The van der Waals surface area contributed by atoms with Crippen molar-refractivity contribution in [3.63, 3.8) is 0 Å². The minimum absolute atomic E-state index is 0.0105. The van der Waals surface area contributed by atoms with Gasteiger partial charge in [-0.2, -0.15) is 0 Å². The van der Waals surface area contributed by atoms with Gasteiger partial charge in [-0.25, -0.2) is 0 Å². The summed E-state index contributed by atoms with van der Waals surface area (Å²) >= 11 is 0. The highest BCUT2D eigenvalue weighted by atomic mass is 15.3. The van der Waals surface area contributed by atoms with E-state index in [0.717, 1.165) is 0 Å². The van der Waals surface area contributed by atoms with E-state index in [4.69, 9.17) is 22.9 Å². The monoisotopic (exact) mass is 392 g/mol. The Bertz CT molecular complexity index is 991. The van der Waals surface area contributed by atoms with E-state index in [1.165, 1.54) is 24.8 Å². The van der Waals surface area contributed by atoms with Crippen LogP contribution in [-0.4, -0.2) is 61.6 Å². The lowest BCUT2D eigenvalue weighted by atomic mass is 9.66. The van der Waals surface area contributed by atoms with E-state index in [1.54, 1.807) is 0 Å². The molecule has 0 atom stereocenters. The minimum Gasteiger partial charge on any atom is -0.382 e. The molecule has 16 heteroatoms. The van der Waals surface area contributed by atoms with E-state index >= 15 is 0 Å². The fourth-order valence-corrected chi connectivity index (χ4v) is 3.14. The van der Waals surface area contributed by atoms with Gasteiger partial charge in [0.15, 0.2) is 23.3 Å². The molecule has 0 aliphatic carbocycles. The average Bonchev–Trinajstić information content (AvgIpc) is 2.73. The number of nitrogens with zero attached hydrogens (tertiary/aromatic N) is 12. The largest absolute Gasteiger partial charge is 0.382 e. The molecule has 0 amide bonds. The lowest BCUT2D eigenvalue weighted by molar-refractivity contribution is 0.671. The normalized spacial score (nSPS) is 11.3. The van der Waals surface area contributed by atoms with Gasteiger partial charge in [-0.05, 0) is 20.9 Å². The van der Waals surface area contributed by atoms with Crippen LogP contribution in [0.5, 0.6) is 0 Å². The van der Waals surface area contributed by atoms with Crippen LogP contribution >= 0.6 is 0 Å². The number of anilines is 4. The fourth-order valence-electron chi connectivity index (χ4n) is 3.14. The second kappa shape index (κ2) is 6.76. The molecule has 4 rings (SSSR count). The highest BCUT2D eigenvalue weighted by Crippen LogP contribution is 2.49. The highest BCUT2D eigenvalue weighted by molar-refractivity contribution is 5.72. The molecule has 4 heterocycles. The van der Waals surface area contributed by atoms with Gasteiger partial charge in [-0.15, -0.1) is 40.8 Å². The van der Waals surface area contributed by atoms with Crippen molar-refractivity contribution < 1.29 is 0 Å². The zero-order valence-electron chi connectivity index (χ0n) is 14.5. The quantitative estimate of drug-likeness (QED) is 0.272. The van der Waals surface area contributed by atoms with E-state index < -0.39 is 5.41 Å². The summed E-state index contributed by atoms with van der Waals surface area (Å²) < 4.78 is 0. The summed E-state index contributed by atoms with van der Waals surface area (Å²) in [5, 5.41) is 44.9. The molecule has 0 radical (unpaired) electrons. The molecule has 0 aromatic carbocycles. The zero-order valence-corrected chi connectivity index (χ0v) is 14.5. The van der Waals surface area contributed by atoms with Crippen molar-refractivity contribution >= 4 is 23.3 Å². The molecule has 0 saturated carbocycles. The van der Waals surface area contributed by atoms with Crippen LogP contribution < -0.4 is 22.9 Å². The average molecular weight is 392 g/mol. The van der Waals surface area contributed by atoms with Crippen LogP contribution in [-0.2, 0) is 5.41 Å². The summed E-state index contributed by atoms with van der Waals surface area (Å²) in [6.45, 7) is 0. The maximum absolute atomic E-state index is 6.16. The van der Waals surface area contributed by atoms with E-state index in [2.05, 4.69) is 61.6 Å². The van der Waals surface area contributed by atoms with Gasteiger partial charge in [0.1, 0.15) is 0 Å². The lowest BCUT2D eigenvalue weighted by Crippen LogP contribution is -2.37. The number of hydrogen-bond acceptors (Lipinski definition) is 16. The van der Waals surface area contributed by atoms with Crippen molar-refractivity contribution in [2.75, 3.05) is 22.9 Å². The Hall–Kier alpha value is -4.76. The molecule has 0 fully saturated rings. The van der Waals surface area contributed by atoms with E-state index in [1.807, 2.05) is 0 Å². The Balaban J connectivity index is 2.28. The summed E-state index contributed by atoms with van der Waals surface area (Å²) in [6.07, 6.45) is 5.45. The van der Waals surface area contributed by atoms with Gasteiger partial charge in [-0.1, -0.05) is 0 Å². The smallest absolute Gasteiger partial charge is 0.154 e. The van der Waals surface area contributed by atoms with Crippen LogP contribution in [0.15, 0.2) is 24.8 Å². The first-order chi connectivity index (χ1) is 14.1. The number of nitrogens with two attached hydrogens (primary N) is 4. The Labute approximate surface area is 161 Å². The molecule has 4 aromatic heterocycles. The van der Waals surface area contributed by atoms with Crippen molar-refractivity contribution in [3.05, 3.63) is 47.0 Å². The topological polar surface area (TPSA) is 259 Å². The first-order valence-corrected chi connectivity index (χ1v) is 7.84. The van der Waals surface area contributed by atoms with Crippen LogP contribution in [0.3, 0.4) is 0 Å². The summed E-state index contributed by atoms with van der Waals surface area (Å²) in [6, 6.07) is 0. The molecule has 0 aliphatic heterocycles. The molecule has 0 saturated heterocycles. The van der Waals surface area contributed by atoms with E-state index in [0.29, 0.717) is 0 Å². The van der Waals surface area contributed by atoms with Crippen molar-refractivity contribution in [2.45, 2.75) is 5.41 Å². The SMILES string of the molecule is Nc1nnncc1C(c1cnnnc1N)(c1cnnnc1N)c1cnnnc1N. The van der Waals surface area contributed by atoms with Gasteiger partial charge >= 0.3 is 0 Å². The third kappa shape index (κ3) is 2.62. The van der Waals surface area contributed by atoms with Crippen LogP contribution in [0, 0.1) is 0 Å². The predicted octanol–water partition coefficient (Wildman–Crippen LogP) is -2.86. The lowest BCUT2D eigenvalue weighted by Gasteiger charge is -2.35. The molecule has 8 N–H and O–H groups in total. The second-order valence-electron chi connectivity index (χ2n) is 5.68. The highest BCUT2D eigenvalue weighted by Gasteiger charge is 2.47. The van der Waals surface area contributed by atoms with Crippen LogP contribution in [0.25, 0.3) is 0 Å². The van der Waals surface area contributed by atoms with E-state index in [9.17, 15) is 0 Å². The number of rotatable bonds is 4. The van der Waals surface area contributed by atoms with Gasteiger partial charge in [0.05, 0.1) is 30.2 Å².